The Morgan fingerprint density at radius 3 is 2.83 bits per heavy atom. The van der Waals surface area contributed by atoms with Gasteiger partial charge >= 0.3 is 0 Å². The van der Waals surface area contributed by atoms with E-state index in [-0.39, 0.29) is 6.10 Å². The smallest absolute Gasteiger partial charge is 0.119 e. The van der Waals surface area contributed by atoms with Crippen molar-refractivity contribution in [1.29, 1.82) is 0 Å². The Morgan fingerprint density at radius 2 is 2.04 bits per heavy atom. The third kappa shape index (κ3) is 3.71. The summed E-state index contributed by atoms with van der Waals surface area (Å²) in [6, 6.07) is 13.9. The summed E-state index contributed by atoms with van der Waals surface area (Å²) in [6.45, 7) is 3.63. The van der Waals surface area contributed by atoms with Crippen molar-refractivity contribution < 1.29 is 9.84 Å². The number of anilines is 1. The van der Waals surface area contributed by atoms with E-state index in [0.717, 1.165) is 36.3 Å². The molecule has 1 N–H and O–H groups in total. The van der Waals surface area contributed by atoms with Crippen LogP contribution in [0.1, 0.15) is 37.1 Å². The minimum absolute atomic E-state index is 0.280. The van der Waals surface area contributed by atoms with Crippen LogP contribution >= 0.6 is 0 Å². The molecule has 2 heterocycles. The topological polar surface area (TPSA) is 45.6 Å². The largest absolute Gasteiger partial charge is 0.386 e. The number of aliphatic hydroxyl groups is 1. The second-order valence-corrected chi connectivity index (χ2v) is 5.98. The summed E-state index contributed by atoms with van der Waals surface area (Å²) in [4.78, 5) is 6.58. The molecule has 1 aromatic carbocycles. The first-order valence-electron chi connectivity index (χ1n) is 8.33. The van der Waals surface area contributed by atoms with Crippen LogP contribution in [0.15, 0.2) is 48.7 Å². The summed E-state index contributed by atoms with van der Waals surface area (Å²) in [5, 5.41) is 10.8. The molecule has 4 nitrogen and oxygen atoms in total. The van der Waals surface area contributed by atoms with Gasteiger partial charge in [0.2, 0.25) is 0 Å². The molecule has 0 fully saturated rings. The van der Waals surface area contributed by atoms with Gasteiger partial charge < -0.3 is 14.7 Å². The molecule has 1 aromatic heterocycles. The van der Waals surface area contributed by atoms with Crippen molar-refractivity contribution in [3.63, 3.8) is 0 Å². The number of para-hydroxylation sites is 1. The lowest BCUT2D eigenvalue weighted by atomic mass is 9.99. The average Bonchev–Trinajstić information content (AvgIpc) is 2.73. The van der Waals surface area contributed by atoms with Crippen molar-refractivity contribution in [2.45, 2.75) is 38.4 Å². The molecule has 0 amide bonds. The monoisotopic (exact) mass is 312 g/mol. The molecule has 0 saturated heterocycles. The van der Waals surface area contributed by atoms with Crippen molar-refractivity contribution in [3.8, 4) is 0 Å². The van der Waals surface area contributed by atoms with Gasteiger partial charge in [-0.05, 0) is 24.6 Å². The number of fused-ring (bicyclic) bond motifs is 1. The third-order valence-corrected chi connectivity index (χ3v) is 4.31. The van der Waals surface area contributed by atoms with Gasteiger partial charge in [-0.2, -0.15) is 0 Å². The highest BCUT2D eigenvalue weighted by atomic mass is 16.5. The summed E-state index contributed by atoms with van der Waals surface area (Å²) in [5.74, 6) is 0. The van der Waals surface area contributed by atoms with Crippen LogP contribution in [0.5, 0.6) is 0 Å². The number of unbranched alkanes of at least 4 members (excludes halogenated alkanes) is 1. The van der Waals surface area contributed by atoms with Gasteiger partial charge in [0.15, 0.2) is 0 Å². The molecule has 0 aliphatic carbocycles. The third-order valence-electron chi connectivity index (χ3n) is 4.31. The molecule has 1 unspecified atom stereocenters. The zero-order valence-corrected chi connectivity index (χ0v) is 13.6. The average molecular weight is 312 g/mol. The van der Waals surface area contributed by atoms with E-state index in [1.807, 2.05) is 36.4 Å². The first-order valence-corrected chi connectivity index (χ1v) is 8.33. The predicted octanol–water partition coefficient (Wildman–Crippen LogP) is 3.32. The minimum atomic E-state index is -0.639. The summed E-state index contributed by atoms with van der Waals surface area (Å²) in [5.41, 5.74) is 2.97. The van der Waals surface area contributed by atoms with E-state index in [0.29, 0.717) is 13.2 Å². The van der Waals surface area contributed by atoms with Crippen LogP contribution in [-0.2, 0) is 11.2 Å². The highest BCUT2D eigenvalue weighted by Gasteiger charge is 2.30. The quantitative estimate of drug-likeness (QED) is 0.920. The number of rotatable bonds is 5. The molecule has 122 valence electrons. The van der Waals surface area contributed by atoms with E-state index < -0.39 is 6.10 Å². The van der Waals surface area contributed by atoms with E-state index in [1.165, 1.54) is 0 Å². The first kappa shape index (κ1) is 16.0. The Labute approximate surface area is 137 Å². The second kappa shape index (κ2) is 7.57. The van der Waals surface area contributed by atoms with Crippen LogP contribution in [0.3, 0.4) is 0 Å². The maximum Gasteiger partial charge on any atom is 0.119 e. The summed E-state index contributed by atoms with van der Waals surface area (Å²) >= 11 is 0. The molecule has 0 saturated carbocycles. The van der Waals surface area contributed by atoms with Crippen LogP contribution < -0.4 is 4.90 Å². The summed E-state index contributed by atoms with van der Waals surface area (Å²) < 4.78 is 6.05. The fourth-order valence-electron chi connectivity index (χ4n) is 3.00. The molecule has 2 aromatic rings. The Kier molecular flexibility index (Phi) is 5.26. The van der Waals surface area contributed by atoms with E-state index in [9.17, 15) is 5.11 Å². The van der Waals surface area contributed by atoms with Crippen molar-refractivity contribution in [3.05, 3.63) is 59.9 Å². The Balaban J connectivity index is 1.84. The van der Waals surface area contributed by atoms with Crippen LogP contribution in [-0.4, -0.2) is 29.5 Å². The maximum atomic E-state index is 10.8. The molecule has 0 spiro atoms. The van der Waals surface area contributed by atoms with Gasteiger partial charge in [0, 0.05) is 36.1 Å². The van der Waals surface area contributed by atoms with Crippen molar-refractivity contribution >= 4 is 5.69 Å². The fourth-order valence-corrected chi connectivity index (χ4v) is 3.00. The standard InChI is InChI=1S/C19H24N2O2/c1-2-3-12-21-14-23-18(13-15-8-6-7-11-20-15)19(22)16-9-4-5-10-17(16)21/h4-11,18-19,22H,2-3,12-14H2,1H3/t18?,19-/m0/s1. The fraction of sp³-hybridized carbons (Fsp3) is 0.421. The Bertz CT molecular complexity index is 618. The molecule has 3 rings (SSSR count). The normalized spacial score (nSPS) is 20.9. The molecular weight excluding hydrogens is 288 g/mol. The van der Waals surface area contributed by atoms with Gasteiger partial charge in [-0.25, -0.2) is 0 Å². The summed E-state index contributed by atoms with van der Waals surface area (Å²) in [7, 11) is 0. The van der Waals surface area contributed by atoms with Crippen molar-refractivity contribution in [1.82, 2.24) is 4.98 Å². The van der Waals surface area contributed by atoms with Crippen LogP contribution in [0.25, 0.3) is 0 Å². The molecule has 23 heavy (non-hydrogen) atoms. The lowest BCUT2D eigenvalue weighted by Crippen LogP contribution is -2.29. The van der Waals surface area contributed by atoms with Gasteiger partial charge in [-0.1, -0.05) is 37.6 Å². The number of aliphatic hydroxyl groups excluding tert-OH is 1. The Hall–Kier alpha value is -1.91. The number of hydrogen-bond donors (Lipinski definition) is 1. The SMILES string of the molecule is CCCCN1COC(Cc2ccccn2)[C@@H](O)c2ccccc21. The molecule has 1 aliphatic heterocycles. The zero-order chi connectivity index (χ0) is 16.1. The van der Waals surface area contributed by atoms with Gasteiger partial charge in [0.05, 0.1) is 6.10 Å². The number of hydrogen-bond acceptors (Lipinski definition) is 4. The van der Waals surface area contributed by atoms with E-state index in [2.05, 4.69) is 22.9 Å². The molecular formula is C19H24N2O2. The predicted molar refractivity (Wildman–Crippen MR) is 91.3 cm³/mol. The highest BCUT2D eigenvalue weighted by molar-refractivity contribution is 5.55. The second-order valence-electron chi connectivity index (χ2n) is 5.98. The zero-order valence-electron chi connectivity index (χ0n) is 13.6. The van der Waals surface area contributed by atoms with Gasteiger partial charge in [-0.15, -0.1) is 0 Å². The minimum Gasteiger partial charge on any atom is -0.386 e. The number of ether oxygens (including phenoxy) is 1. The van der Waals surface area contributed by atoms with Crippen molar-refractivity contribution in [2.24, 2.45) is 0 Å². The van der Waals surface area contributed by atoms with E-state index in [1.54, 1.807) is 6.20 Å². The van der Waals surface area contributed by atoms with E-state index in [4.69, 9.17) is 4.74 Å². The Morgan fingerprint density at radius 1 is 1.22 bits per heavy atom. The van der Waals surface area contributed by atoms with Gasteiger partial charge in [0.1, 0.15) is 12.8 Å². The van der Waals surface area contributed by atoms with Crippen molar-refractivity contribution in [2.75, 3.05) is 18.2 Å². The lowest BCUT2D eigenvalue weighted by Gasteiger charge is -2.24. The van der Waals surface area contributed by atoms with Gasteiger partial charge in [0.25, 0.3) is 0 Å². The molecule has 1 aliphatic rings. The lowest BCUT2D eigenvalue weighted by molar-refractivity contribution is -0.0323. The van der Waals surface area contributed by atoms with Gasteiger partial charge in [-0.3, -0.25) is 4.98 Å². The molecule has 4 heteroatoms. The first-order chi connectivity index (χ1) is 11.3. The maximum absolute atomic E-state index is 10.8. The number of aromatic nitrogens is 1. The van der Waals surface area contributed by atoms with E-state index >= 15 is 0 Å². The number of pyridine rings is 1. The molecule has 2 atom stereocenters. The van der Waals surface area contributed by atoms with Crippen LogP contribution in [0, 0.1) is 0 Å². The number of benzene rings is 1. The van der Waals surface area contributed by atoms with Crippen LogP contribution in [0.4, 0.5) is 5.69 Å². The summed E-state index contributed by atoms with van der Waals surface area (Å²) in [6.07, 6.45) is 3.72. The van der Waals surface area contributed by atoms with Crippen LogP contribution in [0.2, 0.25) is 0 Å². The number of nitrogens with zero attached hydrogens (tertiary/aromatic N) is 2. The highest BCUT2D eigenvalue weighted by Crippen LogP contribution is 2.33. The molecule has 0 radical (unpaired) electrons. The molecule has 0 bridgehead atoms.